The summed E-state index contributed by atoms with van der Waals surface area (Å²) in [7, 11) is 1.65. The molecular formula is C20H22N4O. The number of rotatable bonds is 5. The number of ether oxygens (including phenoxy) is 1. The van der Waals surface area contributed by atoms with E-state index in [9.17, 15) is 0 Å². The van der Waals surface area contributed by atoms with Crippen LogP contribution < -0.4 is 15.4 Å². The zero-order valence-corrected chi connectivity index (χ0v) is 14.9. The second kappa shape index (κ2) is 7.21. The molecular weight excluding hydrogens is 312 g/mol. The van der Waals surface area contributed by atoms with Gasteiger partial charge in [0.1, 0.15) is 11.6 Å². The van der Waals surface area contributed by atoms with Crippen molar-refractivity contribution in [3.05, 3.63) is 65.4 Å². The monoisotopic (exact) mass is 334 g/mol. The van der Waals surface area contributed by atoms with Gasteiger partial charge >= 0.3 is 0 Å². The Balaban J connectivity index is 1.86. The van der Waals surface area contributed by atoms with Gasteiger partial charge in [-0.05, 0) is 50.1 Å². The van der Waals surface area contributed by atoms with Gasteiger partial charge in [-0.2, -0.15) is 4.98 Å². The van der Waals surface area contributed by atoms with E-state index in [1.54, 1.807) is 7.11 Å². The summed E-state index contributed by atoms with van der Waals surface area (Å²) in [4.78, 5) is 9.06. The molecule has 5 heteroatoms. The maximum absolute atomic E-state index is 5.26. The van der Waals surface area contributed by atoms with E-state index in [1.165, 1.54) is 11.1 Å². The third kappa shape index (κ3) is 4.07. The van der Waals surface area contributed by atoms with Crippen LogP contribution >= 0.6 is 0 Å². The number of benzene rings is 2. The highest BCUT2D eigenvalue weighted by Gasteiger charge is 2.06. The molecule has 0 saturated heterocycles. The van der Waals surface area contributed by atoms with Crippen LogP contribution in [0.25, 0.3) is 0 Å². The Morgan fingerprint density at radius 2 is 1.68 bits per heavy atom. The minimum absolute atomic E-state index is 0.569. The second-order valence-corrected chi connectivity index (χ2v) is 5.95. The minimum atomic E-state index is 0.569. The lowest BCUT2D eigenvalue weighted by molar-refractivity contribution is 0.415. The smallest absolute Gasteiger partial charge is 0.229 e. The topological polar surface area (TPSA) is 59.1 Å². The summed E-state index contributed by atoms with van der Waals surface area (Å²) in [6.07, 6.45) is 0. The fourth-order valence-corrected chi connectivity index (χ4v) is 2.54. The van der Waals surface area contributed by atoms with Crippen molar-refractivity contribution in [1.29, 1.82) is 0 Å². The van der Waals surface area contributed by atoms with Crippen LogP contribution in [-0.4, -0.2) is 17.1 Å². The van der Waals surface area contributed by atoms with Crippen molar-refractivity contribution in [3.63, 3.8) is 0 Å². The van der Waals surface area contributed by atoms with Gasteiger partial charge in [-0.25, -0.2) is 4.98 Å². The van der Waals surface area contributed by atoms with Crippen molar-refractivity contribution < 1.29 is 4.74 Å². The lowest BCUT2D eigenvalue weighted by Crippen LogP contribution is -2.03. The average Bonchev–Trinajstić information content (AvgIpc) is 2.59. The molecule has 0 aliphatic carbocycles. The summed E-state index contributed by atoms with van der Waals surface area (Å²) in [6.45, 7) is 6.13. The highest BCUT2D eigenvalue weighted by atomic mass is 16.5. The fraction of sp³-hybridized carbons (Fsp3) is 0.200. The highest BCUT2D eigenvalue weighted by Crippen LogP contribution is 2.24. The van der Waals surface area contributed by atoms with Crippen LogP contribution in [0.4, 0.5) is 23.1 Å². The number of nitrogens with one attached hydrogen (secondary N) is 2. The molecule has 0 aliphatic heterocycles. The van der Waals surface area contributed by atoms with Gasteiger partial charge in [-0.15, -0.1) is 0 Å². The van der Waals surface area contributed by atoms with Gasteiger partial charge < -0.3 is 15.4 Å². The first-order chi connectivity index (χ1) is 12.0. The molecule has 0 atom stereocenters. The van der Waals surface area contributed by atoms with Gasteiger partial charge in [0.05, 0.1) is 7.11 Å². The third-order valence-corrected chi connectivity index (χ3v) is 4.05. The van der Waals surface area contributed by atoms with Crippen LogP contribution in [0, 0.1) is 20.8 Å². The predicted molar refractivity (Wildman–Crippen MR) is 102 cm³/mol. The molecule has 2 N–H and O–H groups in total. The predicted octanol–water partition coefficient (Wildman–Crippen LogP) is 4.90. The van der Waals surface area contributed by atoms with Crippen LogP contribution in [0.1, 0.15) is 16.8 Å². The lowest BCUT2D eigenvalue weighted by atomic mass is 10.1. The van der Waals surface area contributed by atoms with Crippen molar-refractivity contribution in [1.82, 2.24) is 9.97 Å². The van der Waals surface area contributed by atoms with E-state index in [1.807, 2.05) is 49.4 Å². The molecule has 3 aromatic rings. The van der Waals surface area contributed by atoms with E-state index in [2.05, 4.69) is 40.5 Å². The van der Waals surface area contributed by atoms with E-state index >= 15 is 0 Å². The Bertz CT molecular complexity index is 893. The molecule has 0 bridgehead atoms. The van der Waals surface area contributed by atoms with E-state index in [0.717, 1.165) is 28.6 Å². The van der Waals surface area contributed by atoms with Gasteiger partial charge in [0.25, 0.3) is 0 Å². The molecule has 1 heterocycles. The van der Waals surface area contributed by atoms with Gasteiger partial charge in [0.2, 0.25) is 5.95 Å². The molecule has 25 heavy (non-hydrogen) atoms. The molecule has 2 aromatic carbocycles. The Morgan fingerprint density at radius 1 is 0.880 bits per heavy atom. The summed E-state index contributed by atoms with van der Waals surface area (Å²) in [6, 6.07) is 15.8. The standard InChI is InChI=1S/C20H22N4O/c1-13-7-5-10-18(15(13)3)23-20-21-14(2)11-19(24-20)22-16-8-6-9-17(12-16)25-4/h5-12H,1-4H3,(H2,21,22,23,24). The summed E-state index contributed by atoms with van der Waals surface area (Å²) < 4.78 is 5.26. The van der Waals surface area contributed by atoms with Crippen LogP contribution in [0.15, 0.2) is 48.5 Å². The number of methoxy groups -OCH3 is 1. The van der Waals surface area contributed by atoms with Crippen LogP contribution in [-0.2, 0) is 0 Å². The number of anilines is 4. The molecule has 128 valence electrons. The van der Waals surface area contributed by atoms with Crippen molar-refractivity contribution in [2.45, 2.75) is 20.8 Å². The maximum atomic E-state index is 5.26. The first-order valence-electron chi connectivity index (χ1n) is 8.15. The summed E-state index contributed by atoms with van der Waals surface area (Å²) in [5.41, 5.74) is 5.23. The Labute approximate surface area is 148 Å². The van der Waals surface area contributed by atoms with Crippen LogP contribution in [0.5, 0.6) is 5.75 Å². The minimum Gasteiger partial charge on any atom is -0.497 e. The summed E-state index contributed by atoms with van der Waals surface area (Å²) in [5, 5.41) is 6.62. The summed E-state index contributed by atoms with van der Waals surface area (Å²) in [5.74, 6) is 2.09. The molecule has 5 nitrogen and oxygen atoms in total. The highest BCUT2D eigenvalue weighted by molar-refractivity contribution is 5.63. The van der Waals surface area contributed by atoms with Crippen LogP contribution in [0.2, 0.25) is 0 Å². The van der Waals surface area contributed by atoms with E-state index in [0.29, 0.717) is 5.95 Å². The second-order valence-electron chi connectivity index (χ2n) is 5.95. The lowest BCUT2D eigenvalue weighted by Gasteiger charge is -2.13. The molecule has 1 aromatic heterocycles. The number of hydrogen-bond donors (Lipinski definition) is 2. The van der Waals surface area contributed by atoms with Crippen LogP contribution in [0.3, 0.4) is 0 Å². The number of aromatic nitrogens is 2. The van der Waals surface area contributed by atoms with Crippen molar-refractivity contribution in [3.8, 4) is 5.75 Å². The quantitative estimate of drug-likeness (QED) is 0.695. The Morgan fingerprint density at radius 3 is 2.48 bits per heavy atom. The zero-order valence-electron chi connectivity index (χ0n) is 14.9. The SMILES string of the molecule is COc1cccc(Nc2cc(C)nc(Nc3cccc(C)c3C)n2)c1. The first-order valence-corrected chi connectivity index (χ1v) is 8.15. The van der Waals surface area contributed by atoms with Gasteiger partial charge in [-0.3, -0.25) is 0 Å². The van der Waals surface area contributed by atoms with Gasteiger partial charge in [0, 0.05) is 29.2 Å². The molecule has 0 fully saturated rings. The number of aryl methyl sites for hydroxylation is 2. The Kier molecular flexibility index (Phi) is 4.84. The van der Waals surface area contributed by atoms with Gasteiger partial charge in [0.15, 0.2) is 0 Å². The molecule has 0 amide bonds. The molecule has 0 unspecified atom stereocenters. The third-order valence-electron chi connectivity index (χ3n) is 4.05. The fourth-order valence-electron chi connectivity index (χ4n) is 2.54. The Hall–Kier alpha value is -3.08. The molecule has 0 radical (unpaired) electrons. The van der Waals surface area contributed by atoms with Crippen molar-refractivity contribution >= 4 is 23.1 Å². The van der Waals surface area contributed by atoms with Gasteiger partial charge in [-0.1, -0.05) is 18.2 Å². The largest absolute Gasteiger partial charge is 0.497 e. The van der Waals surface area contributed by atoms with E-state index < -0.39 is 0 Å². The number of nitrogens with zero attached hydrogens (tertiary/aromatic N) is 2. The summed E-state index contributed by atoms with van der Waals surface area (Å²) >= 11 is 0. The normalized spacial score (nSPS) is 10.4. The zero-order chi connectivity index (χ0) is 17.8. The molecule has 0 saturated carbocycles. The van der Waals surface area contributed by atoms with E-state index in [4.69, 9.17) is 4.74 Å². The molecule has 0 aliphatic rings. The first kappa shape index (κ1) is 16.8. The molecule has 3 rings (SSSR count). The number of hydrogen-bond acceptors (Lipinski definition) is 5. The van der Waals surface area contributed by atoms with Crippen molar-refractivity contribution in [2.75, 3.05) is 17.7 Å². The van der Waals surface area contributed by atoms with E-state index in [-0.39, 0.29) is 0 Å². The molecule has 0 spiro atoms. The van der Waals surface area contributed by atoms with Crippen molar-refractivity contribution in [2.24, 2.45) is 0 Å². The maximum Gasteiger partial charge on any atom is 0.229 e. The average molecular weight is 334 g/mol.